The highest BCUT2D eigenvalue weighted by Gasteiger charge is 2.14. The van der Waals surface area contributed by atoms with Gasteiger partial charge in [-0.05, 0) is 25.2 Å². The summed E-state index contributed by atoms with van der Waals surface area (Å²) in [6.07, 6.45) is 7.16. The maximum atomic E-state index is 11.2. The highest BCUT2D eigenvalue weighted by Crippen LogP contribution is 2.16. The predicted molar refractivity (Wildman–Crippen MR) is 74.2 cm³/mol. The lowest BCUT2D eigenvalue weighted by molar-refractivity contribution is 0.232. The minimum Gasteiger partial charge on any atom is -0.338 e. The summed E-state index contributed by atoms with van der Waals surface area (Å²) >= 11 is 0. The SMILES string of the molecule is CC(C)C.CCCNC(=O)NC1CCCCC1. The van der Waals surface area contributed by atoms with E-state index < -0.39 is 0 Å². The van der Waals surface area contributed by atoms with E-state index in [1.807, 2.05) is 0 Å². The van der Waals surface area contributed by atoms with E-state index in [0.717, 1.165) is 31.7 Å². The summed E-state index contributed by atoms with van der Waals surface area (Å²) in [7, 11) is 0. The van der Waals surface area contributed by atoms with Crippen molar-refractivity contribution in [3.63, 3.8) is 0 Å². The third kappa shape index (κ3) is 11.5. The first-order valence-corrected chi connectivity index (χ1v) is 7.10. The van der Waals surface area contributed by atoms with Crippen LogP contribution in [0.15, 0.2) is 0 Å². The second-order valence-electron chi connectivity index (χ2n) is 5.47. The molecule has 1 aliphatic carbocycles. The molecule has 0 heterocycles. The van der Waals surface area contributed by atoms with Crippen LogP contribution in [0.1, 0.15) is 66.2 Å². The largest absolute Gasteiger partial charge is 0.338 e. The number of rotatable bonds is 3. The molecule has 1 saturated carbocycles. The summed E-state index contributed by atoms with van der Waals surface area (Å²) in [4.78, 5) is 11.2. The molecule has 0 aliphatic heterocycles. The van der Waals surface area contributed by atoms with Gasteiger partial charge in [-0.2, -0.15) is 0 Å². The summed E-state index contributed by atoms with van der Waals surface area (Å²) in [6.45, 7) is 9.33. The Balaban J connectivity index is 0.000000557. The van der Waals surface area contributed by atoms with Gasteiger partial charge in [-0.3, -0.25) is 0 Å². The van der Waals surface area contributed by atoms with Crippen LogP contribution in [0.3, 0.4) is 0 Å². The summed E-state index contributed by atoms with van der Waals surface area (Å²) in [5.74, 6) is 0.833. The fourth-order valence-corrected chi connectivity index (χ4v) is 1.72. The van der Waals surface area contributed by atoms with Crippen molar-refractivity contribution in [2.75, 3.05) is 6.54 Å². The molecule has 3 heteroatoms. The lowest BCUT2D eigenvalue weighted by Gasteiger charge is -2.22. The van der Waals surface area contributed by atoms with Gasteiger partial charge in [-0.15, -0.1) is 0 Å². The second kappa shape index (κ2) is 10.4. The Morgan fingerprint density at radius 3 is 2.18 bits per heavy atom. The van der Waals surface area contributed by atoms with Gasteiger partial charge in [0.1, 0.15) is 0 Å². The van der Waals surface area contributed by atoms with Gasteiger partial charge in [0.15, 0.2) is 0 Å². The van der Waals surface area contributed by atoms with Gasteiger partial charge in [-0.1, -0.05) is 47.0 Å². The van der Waals surface area contributed by atoms with Crippen molar-refractivity contribution in [1.82, 2.24) is 10.6 Å². The van der Waals surface area contributed by atoms with E-state index in [-0.39, 0.29) is 6.03 Å². The van der Waals surface area contributed by atoms with Crippen LogP contribution in [0.4, 0.5) is 4.79 Å². The van der Waals surface area contributed by atoms with Crippen molar-refractivity contribution >= 4 is 6.03 Å². The van der Waals surface area contributed by atoms with Crippen LogP contribution in [-0.2, 0) is 0 Å². The molecule has 2 N–H and O–H groups in total. The molecule has 0 saturated heterocycles. The quantitative estimate of drug-likeness (QED) is 0.778. The highest BCUT2D eigenvalue weighted by atomic mass is 16.2. The van der Waals surface area contributed by atoms with Crippen molar-refractivity contribution in [3.8, 4) is 0 Å². The summed E-state index contributed by atoms with van der Waals surface area (Å²) in [5, 5.41) is 5.83. The van der Waals surface area contributed by atoms with Gasteiger partial charge in [0.05, 0.1) is 0 Å². The van der Waals surface area contributed by atoms with Crippen molar-refractivity contribution in [2.45, 2.75) is 72.3 Å². The van der Waals surface area contributed by atoms with Crippen LogP contribution < -0.4 is 10.6 Å². The minimum atomic E-state index is 0.00810. The maximum Gasteiger partial charge on any atom is 0.315 e. The zero-order valence-electron chi connectivity index (χ0n) is 12.0. The van der Waals surface area contributed by atoms with Crippen LogP contribution in [0.25, 0.3) is 0 Å². The molecule has 2 amide bonds. The molecular weight excluding hydrogens is 212 g/mol. The highest BCUT2D eigenvalue weighted by molar-refractivity contribution is 5.74. The van der Waals surface area contributed by atoms with E-state index >= 15 is 0 Å². The lowest BCUT2D eigenvalue weighted by atomic mass is 9.96. The molecule has 0 bridgehead atoms. The molecule has 0 radical (unpaired) electrons. The number of carbonyl (C=O) groups excluding carboxylic acids is 1. The molecule has 0 aromatic rings. The first-order valence-electron chi connectivity index (χ1n) is 7.10. The molecule has 0 spiro atoms. The van der Waals surface area contributed by atoms with Crippen molar-refractivity contribution in [2.24, 2.45) is 5.92 Å². The van der Waals surface area contributed by atoms with Gasteiger partial charge in [0, 0.05) is 12.6 Å². The molecule has 0 aromatic heterocycles. The van der Waals surface area contributed by atoms with Crippen LogP contribution in [0, 0.1) is 5.92 Å². The first-order chi connectivity index (χ1) is 8.06. The number of hydrogen-bond donors (Lipinski definition) is 2. The molecule has 0 aromatic carbocycles. The second-order valence-corrected chi connectivity index (χ2v) is 5.47. The van der Waals surface area contributed by atoms with Gasteiger partial charge in [0.2, 0.25) is 0 Å². The Bertz CT molecular complexity index is 184. The zero-order chi connectivity index (χ0) is 13.1. The normalized spacial score (nSPS) is 16.1. The van der Waals surface area contributed by atoms with E-state index in [2.05, 4.69) is 38.3 Å². The smallest absolute Gasteiger partial charge is 0.315 e. The van der Waals surface area contributed by atoms with E-state index in [4.69, 9.17) is 0 Å². The molecule has 102 valence electrons. The Kier molecular flexibility index (Phi) is 9.98. The van der Waals surface area contributed by atoms with Crippen molar-refractivity contribution in [1.29, 1.82) is 0 Å². The molecule has 0 atom stereocenters. The van der Waals surface area contributed by atoms with E-state index in [1.165, 1.54) is 19.3 Å². The van der Waals surface area contributed by atoms with E-state index in [9.17, 15) is 4.79 Å². The molecular formula is C14H30N2O. The van der Waals surface area contributed by atoms with Gasteiger partial charge in [-0.25, -0.2) is 4.79 Å². The van der Waals surface area contributed by atoms with Crippen LogP contribution in [-0.4, -0.2) is 18.6 Å². The number of amides is 2. The fraction of sp³-hybridized carbons (Fsp3) is 0.929. The summed E-state index contributed by atoms with van der Waals surface area (Å²) < 4.78 is 0. The lowest BCUT2D eigenvalue weighted by Crippen LogP contribution is -2.43. The molecule has 1 rings (SSSR count). The van der Waals surface area contributed by atoms with Gasteiger partial charge >= 0.3 is 6.03 Å². The van der Waals surface area contributed by atoms with Crippen LogP contribution in [0.2, 0.25) is 0 Å². The number of carbonyl (C=O) groups is 1. The number of nitrogens with one attached hydrogen (secondary N) is 2. The van der Waals surface area contributed by atoms with Crippen LogP contribution >= 0.6 is 0 Å². The Morgan fingerprint density at radius 1 is 1.18 bits per heavy atom. The Hall–Kier alpha value is -0.730. The number of hydrogen-bond acceptors (Lipinski definition) is 1. The summed E-state index contributed by atoms with van der Waals surface area (Å²) in [5.41, 5.74) is 0. The summed E-state index contributed by atoms with van der Waals surface area (Å²) in [6, 6.07) is 0.430. The van der Waals surface area contributed by atoms with Gasteiger partial charge < -0.3 is 10.6 Å². The van der Waals surface area contributed by atoms with E-state index in [1.54, 1.807) is 0 Å². The predicted octanol–water partition coefficient (Wildman–Crippen LogP) is 3.69. The van der Waals surface area contributed by atoms with Crippen molar-refractivity contribution < 1.29 is 4.79 Å². The van der Waals surface area contributed by atoms with E-state index in [0.29, 0.717) is 6.04 Å². The van der Waals surface area contributed by atoms with Crippen molar-refractivity contribution in [3.05, 3.63) is 0 Å². The average Bonchev–Trinajstić information content (AvgIpc) is 2.27. The zero-order valence-corrected chi connectivity index (χ0v) is 12.0. The molecule has 0 unspecified atom stereocenters. The molecule has 3 nitrogen and oxygen atoms in total. The number of urea groups is 1. The maximum absolute atomic E-state index is 11.2. The first kappa shape index (κ1) is 16.3. The third-order valence-electron chi connectivity index (χ3n) is 2.48. The fourth-order valence-electron chi connectivity index (χ4n) is 1.72. The van der Waals surface area contributed by atoms with Crippen LogP contribution in [0.5, 0.6) is 0 Å². The third-order valence-corrected chi connectivity index (χ3v) is 2.48. The molecule has 17 heavy (non-hydrogen) atoms. The minimum absolute atomic E-state index is 0.00810. The average molecular weight is 242 g/mol. The standard InChI is InChI=1S/C10H20N2O.C4H10/c1-2-8-11-10(13)12-9-6-4-3-5-7-9;1-4(2)3/h9H,2-8H2,1H3,(H2,11,12,13);4H,1-3H3. The Labute approximate surface area is 107 Å². The monoisotopic (exact) mass is 242 g/mol. The van der Waals surface area contributed by atoms with Gasteiger partial charge in [0.25, 0.3) is 0 Å². The molecule has 1 fully saturated rings. The Morgan fingerprint density at radius 2 is 1.71 bits per heavy atom. The topological polar surface area (TPSA) is 41.1 Å². The molecule has 1 aliphatic rings.